The second-order valence-electron chi connectivity index (χ2n) is 7.19. The summed E-state index contributed by atoms with van der Waals surface area (Å²) in [4.78, 5) is 3.38. The quantitative estimate of drug-likeness (QED) is 0.624. The molecule has 1 saturated carbocycles. The fraction of sp³-hybridized carbons (Fsp3) is 0.318. The predicted octanol–water partition coefficient (Wildman–Crippen LogP) is 5.77. The largest absolute Gasteiger partial charge is 0.361 e. The molecule has 3 aromatic rings. The van der Waals surface area contributed by atoms with Crippen molar-refractivity contribution in [3.8, 4) is 6.07 Å². The summed E-state index contributed by atoms with van der Waals surface area (Å²) in [6, 6.07) is 14.2. The third-order valence-corrected chi connectivity index (χ3v) is 5.97. The van der Waals surface area contributed by atoms with Crippen LogP contribution in [0.3, 0.4) is 0 Å². The minimum Gasteiger partial charge on any atom is -0.361 e. The van der Waals surface area contributed by atoms with Crippen LogP contribution in [0, 0.1) is 35.9 Å². The van der Waals surface area contributed by atoms with Crippen LogP contribution in [0.15, 0.2) is 42.6 Å². The minimum atomic E-state index is -0.197. The average Bonchev–Trinajstić information content (AvgIpc) is 3.29. The lowest BCUT2D eigenvalue weighted by molar-refractivity contribution is 0.628. The molecule has 0 saturated heterocycles. The Morgan fingerprint density at radius 3 is 2.73 bits per heavy atom. The first-order chi connectivity index (χ1) is 12.6. The zero-order chi connectivity index (χ0) is 18.3. The van der Waals surface area contributed by atoms with E-state index >= 15 is 0 Å². The molecule has 3 unspecified atom stereocenters. The maximum Gasteiger partial charge on any atom is 0.124 e. The Bertz CT molecular complexity index is 984. The molecule has 3 atom stereocenters. The molecular formula is C22H21FN2S. The Morgan fingerprint density at radius 1 is 1.31 bits per heavy atom. The van der Waals surface area contributed by atoms with Crippen molar-refractivity contribution in [2.75, 3.05) is 6.26 Å². The molecule has 4 heteroatoms. The van der Waals surface area contributed by atoms with E-state index in [4.69, 9.17) is 0 Å². The Kier molecular flexibility index (Phi) is 4.50. The van der Waals surface area contributed by atoms with Crippen molar-refractivity contribution >= 4 is 22.7 Å². The molecule has 1 heterocycles. The number of nitrogens with zero attached hydrogens (tertiary/aromatic N) is 1. The van der Waals surface area contributed by atoms with Gasteiger partial charge in [0.1, 0.15) is 5.82 Å². The molecule has 0 bridgehead atoms. The van der Waals surface area contributed by atoms with E-state index in [-0.39, 0.29) is 17.7 Å². The number of aryl methyl sites for hydroxylation is 1. The van der Waals surface area contributed by atoms with E-state index in [1.54, 1.807) is 23.9 Å². The highest BCUT2D eigenvalue weighted by molar-refractivity contribution is 7.97. The first kappa shape index (κ1) is 17.2. The molecule has 1 N–H and O–H groups in total. The number of thioether (sulfide) groups is 1. The molecule has 4 rings (SSSR count). The summed E-state index contributed by atoms with van der Waals surface area (Å²) < 4.78 is 14.3. The van der Waals surface area contributed by atoms with Gasteiger partial charge in [0.05, 0.1) is 12.0 Å². The molecule has 0 aliphatic heterocycles. The SMILES string of the molecule is CSCc1cc(F)cc2c(C(c3ccc(C)cc3)C3CC3C#N)c[nH]c12. The number of rotatable bonds is 5. The summed E-state index contributed by atoms with van der Waals surface area (Å²) in [5, 5.41) is 10.3. The molecule has 0 spiro atoms. The van der Waals surface area contributed by atoms with Gasteiger partial charge >= 0.3 is 0 Å². The number of benzene rings is 2. The first-order valence-corrected chi connectivity index (χ1v) is 10.3. The Hall–Kier alpha value is -2.25. The van der Waals surface area contributed by atoms with Crippen LogP contribution in [-0.2, 0) is 5.75 Å². The van der Waals surface area contributed by atoms with Crippen molar-refractivity contribution in [1.29, 1.82) is 5.26 Å². The predicted molar refractivity (Wildman–Crippen MR) is 106 cm³/mol. The van der Waals surface area contributed by atoms with Crippen molar-refractivity contribution in [2.24, 2.45) is 11.8 Å². The zero-order valence-corrected chi connectivity index (χ0v) is 15.7. The van der Waals surface area contributed by atoms with Gasteiger partial charge in [0, 0.05) is 28.8 Å². The second-order valence-corrected chi connectivity index (χ2v) is 8.05. The van der Waals surface area contributed by atoms with Crippen molar-refractivity contribution in [3.05, 3.63) is 70.7 Å². The smallest absolute Gasteiger partial charge is 0.124 e. The molecule has 2 aromatic carbocycles. The van der Waals surface area contributed by atoms with Crippen LogP contribution in [-0.4, -0.2) is 11.2 Å². The lowest BCUT2D eigenvalue weighted by Crippen LogP contribution is -2.05. The van der Waals surface area contributed by atoms with Gasteiger partial charge < -0.3 is 4.98 Å². The maximum atomic E-state index is 14.3. The molecule has 0 radical (unpaired) electrons. The monoisotopic (exact) mass is 364 g/mol. The van der Waals surface area contributed by atoms with Gasteiger partial charge in [-0.15, -0.1) is 0 Å². The number of aromatic amines is 1. The van der Waals surface area contributed by atoms with Crippen molar-refractivity contribution in [2.45, 2.75) is 25.0 Å². The standard InChI is InChI=1S/C22H21FN2S/c1-13-3-5-14(6-4-13)21(18-8-15(18)10-24)20-11-25-22-16(12-26-2)7-17(23)9-19(20)22/h3-7,9,11,15,18,21,25H,8,12H2,1-2H3. The average molecular weight is 364 g/mol. The summed E-state index contributed by atoms with van der Waals surface area (Å²) in [6.07, 6.45) is 4.96. The number of H-pyrrole nitrogens is 1. The molecule has 2 nitrogen and oxygen atoms in total. The first-order valence-electron chi connectivity index (χ1n) is 8.87. The van der Waals surface area contributed by atoms with E-state index in [1.165, 1.54) is 11.1 Å². The molecule has 1 aliphatic carbocycles. The van der Waals surface area contributed by atoms with E-state index in [9.17, 15) is 9.65 Å². The Balaban J connectivity index is 1.86. The summed E-state index contributed by atoms with van der Waals surface area (Å²) >= 11 is 1.69. The number of hydrogen-bond acceptors (Lipinski definition) is 2. The normalized spacial score (nSPS) is 20.1. The summed E-state index contributed by atoms with van der Waals surface area (Å²) in [7, 11) is 0. The summed E-state index contributed by atoms with van der Waals surface area (Å²) in [5.74, 6) is 1.09. The van der Waals surface area contributed by atoms with Gasteiger partial charge in [-0.25, -0.2) is 4.39 Å². The Labute approximate surface area is 157 Å². The van der Waals surface area contributed by atoms with Crippen molar-refractivity contribution in [1.82, 2.24) is 4.98 Å². The number of nitrogens with one attached hydrogen (secondary N) is 1. The van der Waals surface area contributed by atoms with Crippen LogP contribution in [0.4, 0.5) is 4.39 Å². The van der Waals surface area contributed by atoms with Gasteiger partial charge in [-0.3, -0.25) is 0 Å². The van der Waals surface area contributed by atoms with Crippen LogP contribution < -0.4 is 0 Å². The van der Waals surface area contributed by atoms with Gasteiger partial charge in [0.15, 0.2) is 0 Å². The van der Waals surface area contributed by atoms with Gasteiger partial charge in [-0.1, -0.05) is 29.8 Å². The van der Waals surface area contributed by atoms with Crippen LogP contribution >= 0.6 is 11.8 Å². The lowest BCUT2D eigenvalue weighted by Gasteiger charge is -2.17. The number of halogens is 1. The van der Waals surface area contributed by atoms with Gasteiger partial charge in [-0.05, 0) is 54.3 Å². The van der Waals surface area contributed by atoms with E-state index in [0.717, 1.165) is 34.2 Å². The summed E-state index contributed by atoms with van der Waals surface area (Å²) in [6.45, 7) is 2.07. The molecule has 26 heavy (non-hydrogen) atoms. The molecule has 0 amide bonds. The maximum absolute atomic E-state index is 14.3. The van der Waals surface area contributed by atoms with Crippen LogP contribution in [0.5, 0.6) is 0 Å². The molecule has 1 aliphatic rings. The van der Waals surface area contributed by atoms with E-state index in [0.29, 0.717) is 5.92 Å². The molecular weight excluding hydrogens is 343 g/mol. The van der Waals surface area contributed by atoms with Crippen molar-refractivity contribution < 1.29 is 4.39 Å². The van der Waals surface area contributed by atoms with Gasteiger partial charge in [0.25, 0.3) is 0 Å². The number of fused-ring (bicyclic) bond motifs is 1. The third-order valence-electron chi connectivity index (χ3n) is 5.37. The van der Waals surface area contributed by atoms with Crippen LogP contribution in [0.1, 0.15) is 34.6 Å². The van der Waals surface area contributed by atoms with E-state index in [1.807, 2.05) is 12.5 Å². The highest BCUT2D eigenvalue weighted by Crippen LogP contribution is 2.52. The van der Waals surface area contributed by atoms with Gasteiger partial charge in [0.2, 0.25) is 0 Å². The zero-order valence-electron chi connectivity index (χ0n) is 14.9. The topological polar surface area (TPSA) is 39.6 Å². The fourth-order valence-corrected chi connectivity index (χ4v) is 4.52. The third kappa shape index (κ3) is 3.01. The second kappa shape index (κ2) is 6.81. The number of hydrogen-bond donors (Lipinski definition) is 1. The number of nitriles is 1. The van der Waals surface area contributed by atoms with E-state index < -0.39 is 0 Å². The van der Waals surface area contributed by atoms with Crippen molar-refractivity contribution in [3.63, 3.8) is 0 Å². The molecule has 1 fully saturated rings. The number of aromatic nitrogens is 1. The van der Waals surface area contributed by atoms with Crippen LogP contribution in [0.2, 0.25) is 0 Å². The lowest BCUT2D eigenvalue weighted by atomic mass is 9.85. The molecule has 1 aromatic heterocycles. The van der Waals surface area contributed by atoms with Crippen LogP contribution in [0.25, 0.3) is 10.9 Å². The summed E-state index contributed by atoms with van der Waals surface area (Å²) in [5.41, 5.74) is 5.53. The highest BCUT2D eigenvalue weighted by Gasteiger charge is 2.45. The minimum absolute atomic E-state index is 0.0884. The molecule has 132 valence electrons. The fourth-order valence-electron chi connectivity index (χ4n) is 3.98. The van der Waals surface area contributed by atoms with E-state index in [2.05, 4.69) is 42.2 Å². The Morgan fingerprint density at radius 2 is 2.08 bits per heavy atom. The van der Waals surface area contributed by atoms with Gasteiger partial charge in [-0.2, -0.15) is 17.0 Å². The highest BCUT2D eigenvalue weighted by atomic mass is 32.2.